The van der Waals surface area contributed by atoms with Gasteiger partial charge < -0.3 is 25.8 Å². The van der Waals surface area contributed by atoms with Gasteiger partial charge in [0, 0.05) is 22.8 Å². The van der Waals surface area contributed by atoms with E-state index < -0.39 is 29.2 Å². The number of fused-ring (bicyclic) bond motifs is 2. The molecule has 1 saturated heterocycles. The minimum atomic E-state index is -1.45. The highest BCUT2D eigenvalue weighted by Gasteiger charge is 2.53. The van der Waals surface area contributed by atoms with Gasteiger partial charge in [0.15, 0.2) is 34.1 Å². The van der Waals surface area contributed by atoms with Crippen molar-refractivity contribution < 1.29 is 28.9 Å². The second-order valence-corrected chi connectivity index (χ2v) is 11.9. The molecule has 2 aliphatic heterocycles. The van der Waals surface area contributed by atoms with E-state index in [9.17, 15) is 19.5 Å². The minimum Gasteiger partial charge on any atom is -0.543 e. The fourth-order valence-corrected chi connectivity index (χ4v) is 7.34. The number of hydrogen-bond donors (Lipinski definition) is 2. The molecule has 16 heteroatoms. The number of amides is 2. The molecule has 3 aromatic heterocycles. The summed E-state index contributed by atoms with van der Waals surface area (Å²) in [5.41, 5.74) is 6.89. The Morgan fingerprint density at radius 3 is 2.92 bits per heavy atom. The van der Waals surface area contributed by atoms with E-state index in [1.165, 1.54) is 23.8 Å². The van der Waals surface area contributed by atoms with Crippen molar-refractivity contribution in [3.05, 3.63) is 40.8 Å². The molecule has 5 heterocycles. The molecule has 5 rings (SSSR count). The first-order valence-corrected chi connectivity index (χ1v) is 14.6. The Morgan fingerprint density at radius 1 is 1.43 bits per heavy atom. The van der Waals surface area contributed by atoms with Gasteiger partial charge in [0.05, 0.1) is 16.4 Å². The Kier molecular flexibility index (Phi) is 7.06. The SMILES string of the molecule is CO/N=C(\C(=O)NC1C(=O)N2C(C(=O)[O-])=C(C[n+]3ccc4sc(SC)nc4c3)CS[C@@H]12)c1csc(N)n1. The molecule has 37 heavy (non-hydrogen) atoms. The molecular weight excluding hydrogens is 559 g/mol. The van der Waals surface area contributed by atoms with Crippen LogP contribution in [0.15, 0.2) is 44.6 Å². The average Bonchev–Trinajstić information content (AvgIpc) is 3.50. The average molecular weight is 578 g/mol. The van der Waals surface area contributed by atoms with Gasteiger partial charge in [-0.05, 0) is 6.26 Å². The number of carbonyl (C=O) groups excluding carboxylic acids is 3. The summed E-state index contributed by atoms with van der Waals surface area (Å²) in [5, 5.41) is 19.6. The third-order valence-electron chi connectivity index (χ3n) is 5.60. The normalized spacial score (nSPS) is 19.6. The van der Waals surface area contributed by atoms with Crippen LogP contribution in [0, 0.1) is 0 Å². The lowest BCUT2D eigenvalue weighted by Crippen LogP contribution is -2.71. The van der Waals surface area contributed by atoms with Crippen LogP contribution in [-0.2, 0) is 25.8 Å². The smallest absolute Gasteiger partial charge is 0.276 e. The van der Waals surface area contributed by atoms with Crippen LogP contribution >= 0.6 is 46.2 Å². The van der Waals surface area contributed by atoms with Gasteiger partial charge in [-0.2, -0.15) is 4.57 Å². The number of carbonyl (C=O) groups is 3. The van der Waals surface area contributed by atoms with Crippen molar-refractivity contribution in [1.82, 2.24) is 20.2 Å². The van der Waals surface area contributed by atoms with E-state index in [2.05, 4.69) is 20.4 Å². The highest BCUT2D eigenvalue weighted by atomic mass is 32.2. The molecule has 0 radical (unpaired) electrons. The molecule has 0 bridgehead atoms. The number of carboxylic acid groups (broad SMARTS) is 1. The zero-order chi connectivity index (χ0) is 26.3. The molecule has 0 spiro atoms. The number of β-lactam (4-membered cyclic amide) rings is 1. The quantitative estimate of drug-likeness (QED) is 0.120. The molecule has 3 N–H and O–H groups in total. The van der Waals surface area contributed by atoms with Crippen LogP contribution in [0.2, 0.25) is 0 Å². The number of nitrogen functional groups attached to an aromatic ring is 1. The van der Waals surface area contributed by atoms with E-state index in [4.69, 9.17) is 10.6 Å². The summed E-state index contributed by atoms with van der Waals surface area (Å²) in [6, 6.07) is 0.982. The van der Waals surface area contributed by atoms with Crippen molar-refractivity contribution in [3.8, 4) is 0 Å². The number of pyridine rings is 1. The number of nitrogens with one attached hydrogen (secondary N) is 1. The zero-order valence-electron chi connectivity index (χ0n) is 19.4. The second kappa shape index (κ2) is 10.3. The molecule has 1 fully saturated rings. The minimum absolute atomic E-state index is 0.141. The van der Waals surface area contributed by atoms with Gasteiger partial charge >= 0.3 is 0 Å². The first-order chi connectivity index (χ1) is 17.8. The molecule has 2 aliphatic rings. The van der Waals surface area contributed by atoms with Crippen LogP contribution in [0.25, 0.3) is 10.2 Å². The van der Waals surface area contributed by atoms with Gasteiger partial charge in [0.1, 0.15) is 29.7 Å². The maximum Gasteiger partial charge on any atom is 0.276 e. The Morgan fingerprint density at radius 2 is 2.24 bits per heavy atom. The highest BCUT2D eigenvalue weighted by Crippen LogP contribution is 2.40. The van der Waals surface area contributed by atoms with E-state index in [-0.39, 0.29) is 28.8 Å². The molecule has 2 amide bonds. The van der Waals surface area contributed by atoms with Crippen molar-refractivity contribution in [1.29, 1.82) is 0 Å². The third-order valence-corrected chi connectivity index (χ3v) is 9.64. The summed E-state index contributed by atoms with van der Waals surface area (Å²) < 4.78 is 3.80. The van der Waals surface area contributed by atoms with Crippen LogP contribution < -0.4 is 20.7 Å². The number of hydrogen-bond acceptors (Lipinski definition) is 13. The molecule has 0 aromatic carbocycles. The van der Waals surface area contributed by atoms with E-state index >= 15 is 0 Å². The number of rotatable bonds is 8. The van der Waals surface area contributed by atoms with Crippen LogP contribution in [0.1, 0.15) is 5.69 Å². The number of oxime groups is 1. The first-order valence-electron chi connectivity index (χ1n) is 10.7. The van der Waals surface area contributed by atoms with Gasteiger partial charge in [-0.3, -0.25) is 14.5 Å². The van der Waals surface area contributed by atoms with E-state index in [1.54, 1.807) is 28.5 Å². The predicted molar refractivity (Wildman–Crippen MR) is 139 cm³/mol. The lowest BCUT2D eigenvalue weighted by Gasteiger charge is -2.50. The largest absolute Gasteiger partial charge is 0.543 e. The molecular formula is C21H19N7O5S4. The molecule has 192 valence electrons. The molecule has 1 unspecified atom stereocenters. The molecule has 2 atom stereocenters. The topological polar surface area (TPSA) is 167 Å². The number of anilines is 1. The summed E-state index contributed by atoms with van der Waals surface area (Å²) >= 11 is 5.63. The monoisotopic (exact) mass is 577 g/mol. The first kappa shape index (κ1) is 25.4. The molecule has 0 saturated carbocycles. The van der Waals surface area contributed by atoms with Gasteiger partial charge in [0.25, 0.3) is 11.8 Å². The fourth-order valence-electron chi connectivity index (χ4n) is 4.00. The Labute approximate surface area is 226 Å². The lowest BCUT2D eigenvalue weighted by molar-refractivity contribution is -0.687. The van der Waals surface area contributed by atoms with Crippen LogP contribution in [0.3, 0.4) is 0 Å². The maximum atomic E-state index is 13.0. The Bertz CT molecular complexity index is 1480. The molecule has 0 aliphatic carbocycles. The summed E-state index contributed by atoms with van der Waals surface area (Å²) in [7, 11) is 1.28. The summed E-state index contributed by atoms with van der Waals surface area (Å²) in [6.45, 7) is 0.252. The van der Waals surface area contributed by atoms with E-state index in [1.807, 2.05) is 29.3 Å². The number of thioether (sulfide) groups is 2. The molecule has 3 aromatic rings. The van der Waals surface area contributed by atoms with Crippen molar-refractivity contribution in [2.45, 2.75) is 22.3 Å². The number of nitrogens with two attached hydrogens (primary N) is 1. The second-order valence-electron chi connectivity index (χ2n) is 7.84. The lowest BCUT2D eigenvalue weighted by atomic mass is 10.0. The summed E-state index contributed by atoms with van der Waals surface area (Å²) in [6.07, 6.45) is 5.66. The zero-order valence-corrected chi connectivity index (χ0v) is 22.6. The third kappa shape index (κ3) is 4.76. The number of nitrogens with zero attached hydrogens (tertiary/aromatic N) is 5. The standard InChI is InChI=1S/C21H19N7O5S4/c1-33-26-13(11-8-36-20(22)23-11)16(29)25-14-17(30)28-15(19(31)32)9(7-35-18(14)28)5-27-4-3-12-10(6-27)24-21(34-2)37-12/h3-4,6,8,14,18H,5,7H2,1-2H3,(H3-,22,23,25,29,31,32)/b26-13-/t14?,18-/m0/s1. The van der Waals surface area contributed by atoms with Crippen molar-refractivity contribution in [3.63, 3.8) is 0 Å². The van der Waals surface area contributed by atoms with Crippen LogP contribution in [-0.4, -0.2) is 68.9 Å². The van der Waals surface area contributed by atoms with Crippen molar-refractivity contribution in [2.24, 2.45) is 5.16 Å². The van der Waals surface area contributed by atoms with Crippen LogP contribution in [0.4, 0.5) is 5.13 Å². The van der Waals surface area contributed by atoms with Gasteiger partial charge in [-0.25, -0.2) is 9.97 Å². The van der Waals surface area contributed by atoms with Gasteiger partial charge in [-0.1, -0.05) is 16.9 Å². The molecule has 12 nitrogen and oxygen atoms in total. The van der Waals surface area contributed by atoms with Crippen LogP contribution in [0.5, 0.6) is 0 Å². The summed E-state index contributed by atoms with van der Waals surface area (Å²) in [4.78, 5) is 52.6. The van der Waals surface area contributed by atoms with Gasteiger partial charge in [-0.15, -0.1) is 34.4 Å². The van der Waals surface area contributed by atoms with E-state index in [0.29, 0.717) is 11.3 Å². The van der Waals surface area contributed by atoms with Crippen molar-refractivity contribution in [2.75, 3.05) is 24.9 Å². The number of aromatic nitrogens is 3. The Balaban J connectivity index is 1.35. The van der Waals surface area contributed by atoms with Crippen molar-refractivity contribution >= 4 is 85.0 Å². The van der Waals surface area contributed by atoms with E-state index in [0.717, 1.165) is 25.9 Å². The highest BCUT2D eigenvalue weighted by molar-refractivity contribution is 8.00. The Hall–Kier alpha value is -3.21. The predicted octanol–water partition coefficient (Wildman–Crippen LogP) is -0.201. The summed E-state index contributed by atoms with van der Waals surface area (Å²) in [5.74, 6) is -2.35. The number of aliphatic carboxylic acids is 1. The number of carboxylic acids is 1. The fraction of sp³-hybridized carbons (Fsp3) is 0.286. The number of thiazole rings is 2. The van der Waals surface area contributed by atoms with Gasteiger partial charge in [0.2, 0.25) is 0 Å². The maximum absolute atomic E-state index is 13.0.